The molecule has 0 amide bonds. The molecular formula is C9H12BrNOS. The molecule has 0 aliphatic carbocycles. The van der Waals surface area contributed by atoms with E-state index in [1.807, 2.05) is 10.8 Å². The predicted octanol–water partition coefficient (Wildman–Crippen LogP) is 2.30. The molecule has 72 valence electrons. The standard InChI is InChI=1S/C9H12BrNOS/c10-7-5-13-4-6(7)9(12)8-2-1-3-11-8/h4-5,8-9,11-12H,1-3H2. The first-order valence-electron chi connectivity index (χ1n) is 4.42. The molecule has 0 spiro atoms. The van der Waals surface area contributed by atoms with Crippen LogP contribution in [-0.4, -0.2) is 17.7 Å². The molecule has 2 unspecified atom stereocenters. The first-order chi connectivity index (χ1) is 6.29. The molecule has 2 nitrogen and oxygen atoms in total. The third kappa shape index (κ3) is 1.96. The van der Waals surface area contributed by atoms with Crippen molar-refractivity contribution in [1.29, 1.82) is 0 Å². The van der Waals surface area contributed by atoms with Crippen LogP contribution in [0.1, 0.15) is 24.5 Å². The number of hydrogen-bond donors (Lipinski definition) is 2. The van der Waals surface area contributed by atoms with E-state index in [1.165, 1.54) is 6.42 Å². The zero-order valence-electron chi connectivity index (χ0n) is 7.16. The third-order valence-electron chi connectivity index (χ3n) is 2.44. The van der Waals surface area contributed by atoms with Gasteiger partial charge in [0.05, 0.1) is 6.10 Å². The van der Waals surface area contributed by atoms with Crippen LogP contribution in [0, 0.1) is 0 Å². The van der Waals surface area contributed by atoms with Gasteiger partial charge in [0, 0.05) is 21.5 Å². The Morgan fingerprint density at radius 3 is 3.00 bits per heavy atom. The number of nitrogens with one attached hydrogen (secondary N) is 1. The number of rotatable bonds is 2. The molecule has 1 aliphatic heterocycles. The van der Waals surface area contributed by atoms with Crippen LogP contribution in [0.15, 0.2) is 15.2 Å². The van der Waals surface area contributed by atoms with Gasteiger partial charge in [0.25, 0.3) is 0 Å². The van der Waals surface area contributed by atoms with Crippen LogP contribution in [0.25, 0.3) is 0 Å². The van der Waals surface area contributed by atoms with Gasteiger partial charge in [0.2, 0.25) is 0 Å². The summed E-state index contributed by atoms with van der Waals surface area (Å²) in [6.45, 7) is 1.03. The molecule has 0 radical (unpaired) electrons. The number of thiophene rings is 1. The minimum atomic E-state index is -0.358. The van der Waals surface area contributed by atoms with Gasteiger partial charge in [-0.05, 0) is 40.7 Å². The minimum absolute atomic E-state index is 0.242. The number of aliphatic hydroxyl groups excluding tert-OH is 1. The molecule has 0 aromatic carbocycles. The summed E-state index contributed by atoms with van der Waals surface area (Å²) < 4.78 is 1.03. The van der Waals surface area contributed by atoms with Crippen molar-refractivity contribution in [3.8, 4) is 0 Å². The normalized spacial score (nSPS) is 24.9. The Labute approximate surface area is 90.1 Å². The van der Waals surface area contributed by atoms with E-state index in [1.54, 1.807) is 11.3 Å². The SMILES string of the molecule is OC(c1cscc1Br)C1CCCN1. The van der Waals surface area contributed by atoms with Crippen molar-refractivity contribution in [2.45, 2.75) is 25.0 Å². The van der Waals surface area contributed by atoms with E-state index in [0.29, 0.717) is 0 Å². The van der Waals surface area contributed by atoms with E-state index >= 15 is 0 Å². The van der Waals surface area contributed by atoms with Crippen LogP contribution >= 0.6 is 27.3 Å². The Morgan fingerprint density at radius 1 is 1.62 bits per heavy atom. The maximum atomic E-state index is 10.0. The summed E-state index contributed by atoms with van der Waals surface area (Å²) >= 11 is 5.06. The molecule has 2 atom stereocenters. The van der Waals surface area contributed by atoms with Crippen molar-refractivity contribution in [3.05, 3.63) is 20.8 Å². The Balaban J connectivity index is 2.12. The van der Waals surface area contributed by atoms with E-state index < -0.39 is 0 Å². The maximum absolute atomic E-state index is 10.0. The second-order valence-corrected chi connectivity index (χ2v) is 4.92. The zero-order chi connectivity index (χ0) is 9.26. The molecule has 0 bridgehead atoms. The smallest absolute Gasteiger partial charge is 0.0961 e. The molecular weight excluding hydrogens is 250 g/mol. The van der Waals surface area contributed by atoms with E-state index in [-0.39, 0.29) is 12.1 Å². The van der Waals surface area contributed by atoms with Crippen molar-refractivity contribution >= 4 is 27.3 Å². The second-order valence-electron chi connectivity index (χ2n) is 3.32. The van der Waals surface area contributed by atoms with Gasteiger partial charge in [-0.2, -0.15) is 11.3 Å². The fraction of sp³-hybridized carbons (Fsp3) is 0.556. The van der Waals surface area contributed by atoms with Crippen molar-refractivity contribution in [2.24, 2.45) is 0 Å². The van der Waals surface area contributed by atoms with Gasteiger partial charge in [0.15, 0.2) is 0 Å². The van der Waals surface area contributed by atoms with E-state index in [0.717, 1.165) is 23.0 Å². The van der Waals surface area contributed by atoms with Crippen molar-refractivity contribution in [3.63, 3.8) is 0 Å². The zero-order valence-corrected chi connectivity index (χ0v) is 9.57. The third-order valence-corrected chi connectivity index (χ3v) is 4.19. The lowest BCUT2D eigenvalue weighted by Gasteiger charge is -2.17. The Morgan fingerprint density at radius 2 is 2.46 bits per heavy atom. The van der Waals surface area contributed by atoms with Gasteiger partial charge in [-0.15, -0.1) is 0 Å². The number of hydrogen-bond acceptors (Lipinski definition) is 3. The topological polar surface area (TPSA) is 32.3 Å². The monoisotopic (exact) mass is 261 g/mol. The molecule has 1 aromatic rings. The van der Waals surface area contributed by atoms with Crippen LogP contribution < -0.4 is 5.32 Å². The van der Waals surface area contributed by atoms with Crippen LogP contribution in [0.2, 0.25) is 0 Å². The van der Waals surface area contributed by atoms with Crippen molar-refractivity contribution < 1.29 is 5.11 Å². The van der Waals surface area contributed by atoms with Gasteiger partial charge in [-0.1, -0.05) is 0 Å². The fourth-order valence-electron chi connectivity index (χ4n) is 1.70. The van der Waals surface area contributed by atoms with Crippen LogP contribution in [0.3, 0.4) is 0 Å². The van der Waals surface area contributed by atoms with Crippen molar-refractivity contribution in [2.75, 3.05) is 6.54 Å². The van der Waals surface area contributed by atoms with Gasteiger partial charge in [-0.3, -0.25) is 0 Å². The number of aliphatic hydroxyl groups is 1. The summed E-state index contributed by atoms with van der Waals surface area (Å²) in [5, 5.41) is 17.3. The highest BCUT2D eigenvalue weighted by atomic mass is 79.9. The van der Waals surface area contributed by atoms with Gasteiger partial charge < -0.3 is 10.4 Å². The quantitative estimate of drug-likeness (QED) is 0.857. The molecule has 2 rings (SSSR count). The first kappa shape index (κ1) is 9.65. The minimum Gasteiger partial charge on any atom is -0.387 e. The molecule has 0 saturated carbocycles. The molecule has 1 fully saturated rings. The Kier molecular flexibility index (Phi) is 3.03. The molecule has 1 saturated heterocycles. The second kappa shape index (κ2) is 4.09. The highest BCUT2D eigenvalue weighted by Crippen LogP contribution is 2.31. The fourth-order valence-corrected chi connectivity index (χ4v) is 3.26. The average Bonchev–Trinajstić information content (AvgIpc) is 2.72. The maximum Gasteiger partial charge on any atom is 0.0961 e. The molecule has 1 aliphatic rings. The molecule has 4 heteroatoms. The summed E-state index contributed by atoms with van der Waals surface area (Å²) in [7, 11) is 0. The molecule has 1 aromatic heterocycles. The highest BCUT2D eigenvalue weighted by molar-refractivity contribution is 9.10. The molecule has 13 heavy (non-hydrogen) atoms. The average molecular weight is 262 g/mol. The summed E-state index contributed by atoms with van der Waals surface area (Å²) in [5.41, 5.74) is 1.02. The van der Waals surface area contributed by atoms with E-state index in [9.17, 15) is 5.11 Å². The molecule has 2 N–H and O–H groups in total. The number of halogens is 1. The summed E-state index contributed by atoms with van der Waals surface area (Å²) in [6, 6.07) is 0.242. The predicted molar refractivity (Wildman–Crippen MR) is 58.0 cm³/mol. The lowest BCUT2D eigenvalue weighted by molar-refractivity contribution is 0.137. The molecule has 2 heterocycles. The summed E-state index contributed by atoms with van der Waals surface area (Å²) in [4.78, 5) is 0. The largest absolute Gasteiger partial charge is 0.387 e. The van der Waals surface area contributed by atoms with Crippen molar-refractivity contribution in [1.82, 2.24) is 5.32 Å². The van der Waals surface area contributed by atoms with E-state index in [4.69, 9.17) is 0 Å². The lowest BCUT2D eigenvalue weighted by Crippen LogP contribution is -2.28. The van der Waals surface area contributed by atoms with E-state index in [2.05, 4.69) is 21.2 Å². The van der Waals surface area contributed by atoms with Gasteiger partial charge in [-0.25, -0.2) is 0 Å². The van der Waals surface area contributed by atoms with Crippen LogP contribution in [0.4, 0.5) is 0 Å². The van der Waals surface area contributed by atoms with Crippen LogP contribution in [0.5, 0.6) is 0 Å². The summed E-state index contributed by atoms with van der Waals surface area (Å²) in [6.07, 6.45) is 1.88. The Hall–Kier alpha value is 0.1000. The van der Waals surface area contributed by atoms with Gasteiger partial charge >= 0.3 is 0 Å². The Bertz CT molecular complexity index is 283. The van der Waals surface area contributed by atoms with Crippen LogP contribution in [-0.2, 0) is 0 Å². The highest BCUT2D eigenvalue weighted by Gasteiger charge is 2.25. The first-order valence-corrected chi connectivity index (χ1v) is 6.15. The summed E-state index contributed by atoms with van der Waals surface area (Å²) in [5.74, 6) is 0. The van der Waals surface area contributed by atoms with Gasteiger partial charge in [0.1, 0.15) is 0 Å². The lowest BCUT2D eigenvalue weighted by atomic mass is 10.0.